The molecule has 0 unspecified atom stereocenters. The molecule has 0 amide bonds. The Morgan fingerprint density at radius 1 is 1.30 bits per heavy atom. The molecule has 2 N–H and O–H groups in total. The molecule has 0 aromatic carbocycles. The first kappa shape index (κ1) is 20.1. The Labute approximate surface area is 155 Å². The quantitative estimate of drug-likeness (QED) is 0.363. The van der Waals surface area contributed by atoms with E-state index in [1.807, 2.05) is 4.57 Å². The molecular weight excluding hydrogens is 409 g/mol. The number of hydrogen-bond acceptors (Lipinski definition) is 5. The van der Waals surface area contributed by atoms with Crippen molar-refractivity contribution in [2.75, 3.05) is 45.9 Å². The summed E-state index contributed by atoms with van der Waals surface area (Å²) in [6, 6.07) is 0. The second-order valence-electron chi connectivity index (χ2n) is 5.11. The molecule has 8 nitrogen and oxygen atoms in total. The van der Waals surface area contributed by atoms with Crippen LogP contribution in [0.3, 0.4) is 0 Å². The lowest BCUT2D eigenvalue weighted by Gasteiger charge is -2.26. The zero-order chi connectivity index (χ0) is 15.6. The molecule has 0 spiro atoms. The average molecular weight is 437 g/mol. The highest BCUT2D eigenvalue weighted by Gasteiger charge is 2.09. The smallest absolute Gasteiger partial charge is 0.191 e. The second-order valence-corrected chi connectivity index (χ2v) is 5.11. The molecule has 0 saturated carbocycles. The van der Waals surface area contributed by atoms with Gasteiger partial charge in [0.25, 0.3) is 0 Å². The van der Waals surface area contributed by atoms with Crippen LogP contribution in [0.2, 0.25) is 0 Å². The maximum atomic E-state index is 5.35. The van der Waals surface area contributed by atoms with Crippen molar-refractivity contribution in [3.8, 4) is 0 Å². The molecule has 1 aromatic heterocycles. The van der Waals surface area contributed by atoms with E-state index in [-0.39, 0.29) is 24.0 Å². The SMILES string of the molecule is CCNC(=NCc1nncn1CC)NCCN1CCOCC1.I. The summed E-state index contributed by atoms with van der Waals surface area (Å²) in [5.74, 6) is 1.70. The Morgan fingerprint density at radius 2 is 2.09 bits per heavy atom. The predicted octanol–water partition coefficient (Wildman–Crippen LogP) is 0.303. The van der Waals surface area contributed by atoms with Crippen LogP contribution >= 0.6 is 24.0 Å². The van der Waals surface area contributed by atoms with E-state index in [0.717, 1.165) is 64.3 Å². The Bertz CT molecular complexity index is 460. The van der Waals surface area contributed by atoms with E-state index in [0.29, 0.717) is 6.54 Å². The van der Waals surface area contributed by atoms with Crippen LogP contribution in [0.4, 0.5) is 0 Å². The lowest BCUT2D eigenvalue weighted by atomic mass is 10.4. The summed E-state index contributed by atoms with van der Waals surface area (Å²) in [7, 11) is 0. The molecule has 0 bridgehead atoms. The van der Waals surface area contributed by atoms with Gasteiger partial charge < -0.3 is 19.9 Å². The largest absolute Gasteiger partial charge is 0.379 e. The van der Waals surface area contributed by atoms with Crippen molar-refractivity contribution < 1.29 is 4.74 Å². The number of morpholine rings is 1. The monoisotopic (exact) mass is 437 g/mol. The molecule has 132 valence electrons. The number of rotatable bonds is 7. The van der Waals surface area contributed by atoms with E-state index >= 15 is 0 Å². The van der Waals surface area contributed by atoms with E-state index in [9.17, 15) is 0 Å². The van der Waals surface area contributed by atoms with Gasteiger partial charge in [-0.15, -0.1) is 34.2 Å². The first-order valence-corrected chi connectivity index (χ1v) is 8.02. The third-order valence-electron chi connectivity index (χ3n) is 3.58. The van der Waals surface area contributed by atoms with Gasteiger partial charge in [0.1, 0.15) is 12.9 Å². The zero-order valence-electron chi connectivity index (χ0n) is 14.0. The van der Waals surface area contributed by atoms with Gasteiger partial charge in [-0.25, -0.2) is 4.99 Å². The Hall–Kier alpha value is -0.940. The number of ether oxygens (including phenoxy) is 1. The molecule has 1 aromatic rings. The molecule has 2 heterocycles. The van der Waals surface area contributed by atoms with Crippen LogP contribution in [0.1, 0.15) is 19.7 Å². The highest BCUT2D eigenvalue weighted by Crippen LogP contribution is 1.97. The van der Waals surface area contributed by atoms with Crippen LogP contribution in [0, 0.1) is 0 Å². The molecule has 1 aliphatic heterocycles. The number of nitrogens with zero attached hydrogens (tertiary/aromatic N) is 5. The highest BCUT2D eigenvalue weighted by atomic mass is 127. The topological polar surface area (TPSA) is 79.6 Å². The van der Waals surface area contributed by atoms with Gasteiger partial charge in [-0.2, -0.15) is 0 Å². The third-order valence-corrected chi connectivity index (χ3v) is 3.58. The normalized spacial score (nSPS) is 16.0. The minimum atomic E-state index is 0. The van der Waals surface area contributed by atoms with Crippen LogP contribution in [-0.2, 0) is 17.8 Å². The summed E-state index contributed by atoms with van der Waals surface area (Å²) < 4.78 is 7.35. The fourth-order valence-corrected chi connectivity index (χ4v) is 2.31. The number of aryl methyl sites for hydroxylation is 1. The summed E-state index contributed by atoms with van der Waals surface area (Å²) >= 11 is 0. The fraction of sp³-hybridized carbons (Fsp3) is 0.786. The highest BCUT2D eigenvalue weighted by molar-refractivity contribution is 14.0. The van der Waals surface area contributed by atoms with Crippen molar-refractivity contribution in [1.29, 1.82) is 0 Å². The van der Waals surface area contributed by atoms with E-state index in [1.165, 1.54) is 0 Å². The lowest BCUT2D eigenvalue weighted by Crippen LogP contribution is -2.44. The first-order chi connectivity index (χ1) is 10.8. The molecular formula is C14H28IN7O. The van der Waals surface area contributed by atoms with E-state index in [4.69, 9.17) is 4.74 Å². The minimum Gasteiger partial charge on any atom is -0.379 e. The van der Waals surface area contributed by atoms with Gasteiger partial charge in [0.15, 0.2) is 11.8 Å². The minimum absolute atomic E-state index is 0. The van der Waals surface area contributed by atoms with Crippen molar-refractivity contribution >= 4 is 29.9 Å². The summed E-state index contributed by atoms with van der Waals surface area (Å²) in [5.41, 5.74) is 0. The maximum absolute atomic E-state index is 5.35. The zero-order valence-corrected chi connectivity index (χ0v) is 16.3. The molecule has 23 heavy (non-hydrogen) atoms. The van der Waals surface area contributed by atoms with Gasteiger partial charge in [-0.05, 0) is 13.8 Å². The molecule has 0 atom stereocenters. The Balaban J connectivity index is 0.00000264. The number of aliphatic imine (C=N–C) groups is 1. The first-order valence-electron chi connectivity index (χ1n) is 8.02. The molecule has 0 radical (unpaired) electrons. The van der Waals surface area contributed by atoms with Crippen molar-refractivity contribution in [3.05, 3.63) is 12.2 Å². The molecule has 1 aliphatic rings. The van der Waals surface area contributed by atoms with Gasteiger partial charge >= 0.3 is 0 Å². The second kappa shape index (κ2) is 11.6. The number of halogens is 1. The van der Waals surface area contributed by atoms with Gasteiger partial charge in [0.05, 0.1) is 13.2 Å². The molecule has 9 heteroatoms. The van der Waals surface area contributed by atoms with Crippen molar-refractivity contribution in [2.45, 2.75) is 26.9 Å². The van der Waals surface area contributed by atoms with Crippen LogP contribution in [-0.4, -0.2) is 71.6 Å². The van der Waals surface area contributed by atoms with Crippen molar-refractivity contribution in [2.24, 2.45) is 4.99 Å². The van der Waals surface area contributed by atoms with Crippen molar-refractivity contribution in [1.82, 2.24) is 30.3 Å². The Morgan fingerprint density at radius 3 is 2.78 bits per heavy atom. The van der Waals surface area contributed by atoms with Crippen molar-refractivity contribution in [3.63, 3.8) is 0 Å². The molecule has 0 aliphatic carbocycles. The molecule has 2 rings (SSSR count). The predicted molar refractivity (Wildman–Crippen MR) is 101 cm³/mol. The average Bonchev–Trinajstić information content (AvgIpc) is 3.01. The van der Waals surface area contributed by atoms with Gasteiger partial charge in [0.2, 0.25) is 0 Å². The molecule has 1 fully saturated rings. The van der Waals surface area contributed by atoms with E-state index in [1.54, 1.807) is 6.33 Å². The number of nitrogens with one attached hydrogen (secondary N) is 2. The fourth-order valence-electron chi connectivity index (χ4n) is 2.31. The van der Waals surface area contributed by atoms with Gasteiger partial charge in [-0.1, -0.05) is 0 Å². The number of guanidine groups is 1. The standard InChI is InChI=1S/C14H27N7O.HI/c1-3-15-14(16-5-6-20-7-9-22-10-8-20)17-11-13-19-18-12-21(13)4-2;/h12H,3-11H2,1-2H3,(H2,15,16,17);1H. The van der Waals surface area contributed by atoms with Crippen LogP contribution in [0.5, 0.6) is 0 Å². The van der Waals surface area contributed by atoms with Crippen LogP contribution in [0.25, 0.3) is 0 Å². The van der Waals surface area contributed by atoms with Gasteiger partial charge in [-0.3, -0.25) is 4.90 Å². The third kappa shape index (κ3) is 7.00. The van der Waals surface area contributed by atoms with E-state index in [2.05, 4.69) is 44.6 Å². The number of aromatic nitrogens is 3. The summed E-state index contributed by atoms with van der Waals surface area (Å²) in [5, 5.41) is 14.7. The number of hydrogen-bond donors (Lipinski definition) is 2. The summed E-state index contributed by atoms with van der Waals surface area (Å²) in [6.07, 6.45) is 1.74. The van der Waals surface area contributed by atoms with E-state index < -0.39 is 0 Å². The summed E-state index contributed by atoms with van der Waals surface area (Å²) in [4.78, 5) is 6.97. The van der Waals surface area contributed by atoms with Crippen LogP contribution < -0.4 is 10.6 Å². The van der Waals surface area contributed by atoms with Crippen LogP contribution in [0.15, 0.2) is 11.3 Å². The maximum Gasteiger partial charge on any atom is 0.191 e. The van der Waals surface area contributed by atoms with Gasteiger partial charge in [0, 0.05) is 39.3 Å². The summed E-state index contributed by atoms with van der Waals surface area (Å²) in [6.45, 7) is 11.9. The lowest BCUT2D eigenvalue weighted by molar-refractivity contribution is 0.0389. The Kier molecular flexibility index (Phi) is 10.1. The molecule has 1 saturated heterocycles.